The maximum atomic E-state index is 11.6. The van der Waals surface area contributed by atoms with Crippen molar-refractivity contribution in [2.24, 2.45) is 22.2 Å². The van der Waals surface area contributed by atoms with Crippen molar-refractivity contribution in [3.63, 3.8) is 0 Å². The first-order valence-electron chi connectivity index (χ1n) is 4.52. The van der Waals surface area contributed by atoms with E-state index < -0.39 is 0 Å². The summed E-state index contributed by atoms with van der Waals surface area (Å²) in [6.07, 6.45) is 2.19. The second-order valence-corrected chi connectivity index (χ2v) is 5.19. The Balaban J connectivity index is 2.22. The highest BCUT2D eigenvalue weighted by atomic mass is 16.1. The van der Waals surface area contributed by atoms with Crippen LogP contribution in [-0.4, -0.2) is 5.78 Å². The first kappa shape index (κ1) is 6.22. The maximum Gasteiger partial charge on any atom is 0.140 e. The summed E-state index contributed by atoms with van der Waals surface area (Å²) in [6, 6.07) is 0. The van der Waals surface area contributed by atoms with E-state index >= 15 is 0 Å². The van der Waals surface area contributed by atoms with Crippen LogP contribution >= 0.6 is 0 Å². The number of carbonyl (C=O) groups is 1. The van der Waals surface area contributed by atoms with Crippen LogP contribution < -0.4 is 0 Å². The standard InChI is InChI=1S/C10H14O/c1-8-5-6-4-7(11)10(8,3)9(6,8)2/h6H,4-5H2,1-3H3. The summed E-state index contributed by atoms with van der Waals surface area (Å²) in [7, 11) is 0. The predicted octanol–water partition coefficient (Wildman–Crippen LogP) is 2.01. The Morgan fingerprint density at radius 2 is 2.00 bits per heavy atom. The molecule has 4 unspecified atom stereocenters. The van der Waals surface area contributed by atoms with Crippen LogP contribution in [0, 0.1) is 22.2 Å². The van der Waals surface area contributed by atoms with Crippen LogP contribution in [0.2, 0.25) is 0 Å². The number of hydrogen-bond donors (Lipinski definition) is 0. The molecular formula is C10H14O. The minimum atomic E-state index is 0.0880. The molecule has 60 valence electrons. The van der Waals surface area contributed by atoms with Gasteiger partial charge >= 0.3 is 0 Å². The Labute approximate surface area is 67.2 Å². The van der Waals surface area contributed by atoms with Gasteiger partial charge < -0.3 is 0 Å². The highest BCUT2D eigenvalue weighted by Gasteiger charge is 2.93. The van der Waals surface area contributed by atoms with Gasteiger partial charge in [-0.15, -0.1) is 0 Å². The number of carbonyl (C=O) groups excluding carboxylic acids is 1. The van der Waals surface area contributed by atoms with Crippen LogP contribution in [0.1, 0.15) is 33.6 Å². The average Bonchev–Trinajstić information content (AvgIpc) is 2.13. The molecule has 0 spiro atoms. The number of rotatable bonds is 0. The Kier molecular flexibility index (Phi) is 0.623. The summed E-state index contributed by atoms with van der Waals surface area (Å²) in [5, 5.41) is 0. The molecule has 4 atom stereocenters. The molecule has 1 heteroatoms. The second-order valence-electron chi connectivity index (χ2n) is 5.19. The molecule has 0 bridgehead atoms. The zero-order valence-electron chi connectivity index (χ0n) is 7.40. The molecular weight excluding hydrogens is 136 g/mol. The van der Waals surface area contributed by atoms with Gasteiger partial charge in [0.1, 0.15) is 5.78 Å². The molecule has 3 fully saturated rings. The fraction of sp³-hybridized carbons (Fsp3) is 0.900. The van der Waals surface area contributed by atoms with Crippen LogP contribution in [0.5, 0.6) is 0 Å². The molecule has 0 aromatic heterocycles. The van der Waals surface area contributed by atoms with Gasteiger partial charge in [-0.2, -0.15) is 0 Å². The lowest BCUT2D eigenvalue weighted by atomic mass is 9.65. The molecule has 0 radical (unpaired) electrons. The Morgan fingerprint density at radius 1 is 1.36 bits per heavy atom. The van der Waals surface area contributed by atoms with Gasteiger partial charge in [-0.1, -0.05) is 20.8 Å². The molecule has 1 nitrogen and oxygen atoms in total. The highest BCUT2D eigenvalue weighted by Crippen LogP contribution is 2.95. The Hall–Kier alpha value is -0.330. The fourth-order valence-corrected chi connectivity index (χ4v) is 4.39. The van der Waals surface area contributed by atoms with Crippen molar-refractivity contribution < 1.29 is 4.79 Å². The van der Waals surface area contributed by atoms with Crippen LogP contribution in [-0.2, 0) is 4.79 Å². The van der Waals surface area contributed by atoms with E-state index in [-0.39, 0.29) is 5.41 Å². The third-order valence-corrected chi connectivity index (χ3v) is 5.69. The van der Waals surface area contributed by atoms with Crippen molar-refractivity contribution in [1.29, 1.82) is 0 Å². The molecule has 0 saturated heterocycles. The van der Waals surface area contributed by atoms with E-state index in [0.717, 1.165) is 12.3 Å². The predicted molar refractivity (Wildman–Crippen MR) is 42.1 cm³/mol. The van der Waals surface area contributed by atoms with Crippen LogP contribution in [0.25, 0.3) is 0 Å². The number of hydrogen-bond acceptors (Lipinski definition) is 1. The first-order valence-corrected chi connectivity index (χ1v) is 4.52. The van der Waals surface area contributed by atoms with Gasteiger partial charge in [0.2, 0.25) is 0 Å². The third kappa shape index (κ3) is 0.273. The molecule has 0 aromatic rings. The molecule has 11 heavy (non-hydrogen) atoms. The van der Waals surface area contributed by atoms with E-state index in [1.165, 1.54) is 6.42 Å². The van der Waals surface area contributed by atoms with E-state index in [4.69, 9.17) is 0 Å². The van der Waals surface area contributed by atoms with Crippen LogP contribution in [0.15, 0.2) is 0 Å². The smallest absolute Gasteiger partial charge is 0.140 e. The van der Waals surface area contributed by atoms with E-state index in [1.807, 2.05) is 0 Å². The molecule has 3 aliphatic carbocycles. The zero-order chi connectivity index (χ0) is 8.07. The van der Waals surface area contributed by atoms with Crippen LogP contribution in [0.3, 0.4) is 0 Å². The summed E-state index contributed by atoms with van der Waals surface area (Å²) in [6.45, 7) is 6.79. The molecule has 0 heterocycles. The zero-order valence-corrected chi connectivity index (χ0v) is 7.40. The lowest BCUT2D eigenvalue weighted by molar-refractivity contribution is -0.126. The summed E-state index contributed by atoms with van der Waals surface area (Å²) >= 11 is 0. The number of fused-ring (bicyclic) bond motifs is 1. The fourth-order valence-electron chi connectivity index (χ4n) is 4.39. The van der Waals surface area contributed by atoms with E-state index in [9.17, 15) is 4.79 Å². The lowest BCUT2D eigenvalue weighted by Gasteiger charge is -2.39. The van der Waals surface area contributed by atoms with Crippen molar-refractivity contribution >= 4 is 5.78 Å². The first-order chi connectivity index (χ1) is 4.98. The number of ketones is 1. The van der Waals surface area contributed by atoms with Crippen molar-refractivity contribution in [3.05, 3.63) is 0 Å². The Morgan fingerprint density at radius 3 is 2.27 bits per heavy atom. The van der Waals surface area contributed by atoms with Crippen molar-refractivity contribution in [2.45, 2.75) is 33.6 Å². The molecule has 3 saturated carbocycles. The minimum Gasteiger partial charge on any atom is -0.299 e. The molecule has 0 aliphatic heterocycles. The molecule has 0 amide bonds. The summed E-state index contributed by atoms with van der Waals surface area (Å²) in [5.74, 6) is 1.28. The van der Waals surface area contributed by atoms with Gasteiger partial charge in [-0.25, -0.2) is 0 Å². The van der Waals surface area contributed by atoms with Gasteiger partial charge in [0.05, 0.1) is 0 Å². The highest BCUT2D eigenvalue weighted by molar-refractivity contribution is 5.96. The van der Waals surface area contributed by atoms with E-state index in [2.05, 4.69) is 20.8 Å². The normalized spacial score (nSPS) is 70.8. The summed E-state index contributed by atoms with van der Waals surface area (Å²) in [5.41, 5.74) is 0.905. The van der Waals surface area contributed by atoms with Gasteiger partial charge in [-0.3, -0.25) is 4.79 Å². The summed E-state index contributed by atoms with van der Waals surface area (Å²) in [4.78, 5) is 11.6. The largest absolute Gasteiger partial charge is 0.299 e. The van der Waals surface area contributed by atoms with Gasteiger partial charge in [0.25, 0.3) is 0 Å². The van der Waals surface area contributed by atoms with E-state index in [0.29, 0.717) is 16.6 Å². The topological polar surface area (TPSA) is 17.1 Å². The van der Waals surface area contributed by atoms with Crippen molar-refractivity contribution in [3.8, 4) is 0 Å². The van der Waals surface area contributed by atoms with Gasteiger partial charge in [0.15, 0.2) is 0 Å². The van der Waals surface area contributed by atoms with Gasteiger partial charge in [0, 0.05) is 11.8 Å². The minimum absolute atomic E-state index is 0.0880. The quantitative estimate of drug-likeness (QED) is 0.516. The maximum absolute atomic E-state index is 11.6. The molecule has 0 N–H and O–H groups in total. The molecule has 3 rings (SSSR count). The summed E-state index contributed by atoms with van der Waals surface area (Å²) < 4.78 is 0. The molecule has 3 aliphatic rings. The van der Waals surface area contributed by atoms with Gasteiger partial charge in [-0.05, 0) is 23.2 Å². The Bertz CT molecular complexity index is 283. The van der Waals surface area contributed by atoms with Crippen LogP contribution in [0.4, 0.5) is 0 Å². The third-order valence-electron chi connectivity index (χ3n) is 5.69. The lowest BCUT2D eigenvalue weighted by Crippen LogP contribution is -2.34. The van der Waals surface area contributed by atoms with Crippen molar-refractivity contribution in [2.75, 3.05) is 0 Å². The monoisotopic (exact) mass is 150 g/mol. The second kappa shape index (κ2) is 1.10. The molecule has 0 aromatic carbocycles. The van der Waals surface area contributed by atoms with E-state index in [1.54, 1.807) is 0 Å². The SMILES string of the molecule is CC12CC3CC(=O)C1(C)C32C. The average molecular weight is 150 g/mol. The number of Topliss-reactive ketones (excluding diaryl/α,β-unsaturated/α-hetero) is 1. The van der Waals surface area contributed by atoms with Crippen molar-refractivity contribution in [1.82, 2.24) is 0 Å².